The van der Waals surface area contributed by atoms with Gasteiger partial charge < -0.3 is 9.42 Å². The van der Waals surface area contributed by atoms with Crippen molar-refractivity contribution in [1.82, 2.24) is 15.0 Å². The van der Waals surface area contributed by atoms with E-state index in [0.717, 1.165) is 43.7 Å². The Balaban J connectivity index is 1.38. The second-order valence-electron chi connectivity index (χ2n) is 6.82. The highest BCUT2D eigenvalue weighted by atomic mass is 16.5. The normalized spacial score (nSPS) is 19.8. The van der Waals surface area contributed by atoms with Crippen molar-refractivity contribution in [2.24, 2.45) is 0 Å². The molecule has 0 unspecified atom stereocenters. The Hall–Kier alpha value is -2.68. The lowest BCUT2D eigenvalue weighted by Crippen LogP contribution is -2.31. The van der Waals surface area contributed by atoms with Gasteiger partial charge in [0.25, 0.3) is 0 Å². The highest BCUT2D eigenvalue weighted by Crippen LogP contribution is 2.40. The van der Waals surface area contributed by atoms with Crippen molar-refractivity contribution in [1.29, 1.82) is 5.26 Å². The monoisotopic (exact) mass is 336 g/mol. The molecule has 0 spiro atoms. The van der Waals surface area contributed by atoms with Gasteiger partial charge in [0, 0.05) is 18.9 Å². The van der Waals surface area contributed by atoms with Gasteiger partial charge in [-0.3, -0.25) is 4.79 Å². The van der Waals surface area contributed by atoms with Gasteiger partial charge in [-0.15, -0.1) is 0 Å². The molecule has 128 valence electrons. The summed E-state index contributed by atoms with van der Waals surface area (Å²) >= 11 is 0. The number of carbonyl (C=O) groups excluding carboxylic acids is 1. The van der Waals surface area contributed by atoms with E-state index in [1.165, 1.54) is 0 Å². The molecule has 0 N–H and O–H groups in total. The second-order valence-corrected chi connectivity index (χ2v) is 6.82. The highest BCUT2D eigenvalue weighted by molar-refractivity contribution is 5.77. The molecule has 2 fully saturated rings. The minimum Gasteiger partial charge on any atom is -0.339 e. The molecule has 1 aromatic heterocycles. The third kappa shape index (κ3) is 3.41. The molecule has 25 heavy (non-hydrogen) atoms. The molecule has 1 aliphatic carbocycles. The minimum absolute atomic E-state index is 0.0512. The van der Waals surface area contributed by atoms with Crippen LogP contribution in [0, 0.1) is 11.3 Å². The molecular formula is C19H20N4O2. The number of likely N-dealkylation sites (tertiary alicyclic amines) is 1. The first-order valence-corrected chi connectivity index (χ1v) is 8.86. The number of nitriles is 1. The van der Waals surface area contributed by atoms with Gasteiger partial charge in [-0.2, -0.15) is 10.2 Å². The average Bonchev–Trinajstić information content (AvgIpc) is 3.18. The molecular weight excluding hydrogens is 316 g/mol. The summed E-state index contributed by atoms with van der Waals surface area (Å²) in [6, 6.07) is 9.45. The first kappa shape index (κ1) is 15.8. The molecule has 1 saturated carbocycles. The van der Waals surface area contributed by atoms with Crippen LogP contribution in [0.4, 0.5) is 0 Å². The van der Waals surface area contributed by atoms with Crippen molar-refractivity contribution in [3.63, 3.8) is 0 Å². The predicted molar refractivity (Wildman–Crippen MR) is 89.4 cm³/mol. The number of aromatic nitrogens is 2. The van der Waals surface area contributed by atoms with Gasteiger partial charge in [-0.1, -0.05) is 17.3 Å². The first-order chi connectivity index (χ1) is 12.2. The predicted octanol–water partition coefficient (Wildman–Crippen LogP) is 3.11. The molecule has 6 heteroatoms. The topological polar surface area (TPSA) is 83.0 Å². The molecule has 0 radical (unpaired) electrons. The number of nitrogens with zero attached hydrogens (tertiary/aromatic N) is 4. The Labute approximate surface area is 146 Å². The Morgan fingerprint density at radius 2 is 2.08 bits per heavy atom. The maximum atomic E-state index is 12.7. The number of amides is 1. The molecule has 2 heterocycles. The summed E-state index contributed by atoms with van der Waals surface area (Å²) in [5.74, 6) is 1.95. The quantitative estimate of drug-likeness (QED) is 0.838. The van der Waals surface area contributed by atoms with Crippen molar-refractivity contribution in [2.75, 3.05) is 6.54 Å². The fraction of sp³-hybridized carbons (Fsp3) is 0.474. The third-order valence-electron chi connectivity index (χ3n) is 4.97. The summed E-state index contributed by atoms with van der Waals surface area (Å²) < 4.78 is 5.35. The van der Waals surface area contributed by atoms with E-state index >= 15 is 0 Å². The Morgan fingerprint density at radius 3 is 2.80 bits per heavy atom. The lowest BCUT2D eigenvalue weighted by atomic mass is 10.1. The van der Waals surface area contributed by atoms with Crippen molar-refractivity contribution >= 4 is 5.91 Å². The zero-order valence-electron chi connectivity index (χ0n) is 14.0. The van der Waals surface area contributed by atoms with Crippen LogP contribution in [-0.4, -0.2) is 27.5 Å². The average molecular weight is 336 g/mol. The van der Waals surface area contributed by atoms with Gasteiger partial charge in [0.1, 0.15) is 0 Å². The fourth-order valence-corrected chi connectivity index (χ4v) is 3.35. The van der Waals surface area contributed by atoms with Crippen LogP contribution in [0.25, 0.3) is 0 Å². The fourth-order valence-electron chi connectivity index (χ4n) is 3.35. The maximum Gasteiger partial charge on any atom is 0.229 e. The van der Waals surface area contributed by atoms with Crippen LogP contribution in [0.3, 0.4) is 0 Å². The SMILES string of the molecule is N#Cc1ccc(CCC(=O)N2CCC[C@H]2c2noc(C3CC3)n2)cc1. The molecule has 4 rings (SSSR count). The van der Waals surface area contributed by atoms with E-state index in [1.807, 2.05) is 17.0 Å². The van der Waals surface area contributed by atoms with E-state index in [2.05, 4.69) is 16.2 Å². The molecule has 6 nitrogen and oxygen atoms in total. The van der Waals surface area contributed by atoms with Crippen molar-refractivity contribution < 1.29 is 9.32 Å². The van der Waals surface area contributed by atoms with E-state index in [0.29, 0.717) is 30.1 Å². The summed E-state index contributed by atoms with van der Waals surface area (Å²) in [6.45, 7) is 0.754. The summed E-state index contributed by atoms with van der Waals surface area (Å²) in [5.41, 5.74) is 1.71. The second kappa shape index (κ2) is 6.67. The van der Waals surface area contributed by atoms with E-state index in [9.17, 15) is 4.79 Å². The Kier molecular flexibility index (Phi) is 4.22. The molecule has 1 amide bonds. The van der Waals surface area contributed by atoms with Crippen LogP contribution in [0.15, 0.2) is 28.8 Å². The van der Waals surface area contributed by atoms with Crippen LogP contribution in [0.5, 0.6) is 0 Å². The van der Waals surface area contributed by atoms with E-state index in [1.54, 1.807) is 12.1 Å². The van der Waals surface area contributed by atoms with E-state index in [4.69, 9.17) is 9.78 Å². The lowest BCUT2D eigenvalue weighted by Gasteiger charge is -2.22. The van der Waals surface area contributed by atoms with Gasteiger partial charge in [0.05, 0.1) is 17.7 Å². The number of hydrogen-bond donors (Lipinski definition) is 0. The summed E-state index contributed by atoms with van der Waals surface area (Å²) in [7, 11) is 0. The molecule has 1 aromatic carbocycles. The van der Waals surface area contributed by atoms with E-state index in [-0.39, 0.29) is 11.9 Å². The number of carbonyl (C=O) groups is 1. The van der Waals surface area contributed by atoms with Crippen molar-refractivity contribution in [2.45, 2.75) is 50.5 Å². The third-order valence-corrected chi connectivity index (χ3v) is 4.97. The van der Waals surface area contributed by atoms with Gasteiger partial charge >= 0.3 is 0 Å². The zero-order valence-corrected chi connectivity index (χ0v) is 14.0. The van der Waals surface area contributed by atoms with Gasteiger partial charge in [-0.05, 0) is 49.8 Å². The van der Waals surface area contributed by atoms with Gasteiger partial charge in [0.15, 0.2) is 5.82 Å². The summed E-state index contributed by atoms with van der Waals surface area (Å²) in [4.78, 5) is 19.1. The molecule has 2 aromatic rings. The highest BCUT2D eigenvalue weighted by Gasteiger charge is 2.35. The van der Waals surface area contributed by atoms with E-state index < -0.39 is 0 Å². The van der Waals surface area contributed by atoms with Crippen LogP contribution >= 0.6 is 0 Å². The standard InChI is InChI=1S/C19H20N4O2/c20-12-14-5-3-13(4-6-14)7-10-17(24)23-11-1-2-16(23)18-21-19(25-22-18)15-8-9-15/h3-6,15-16H,1-2,7-11H2/t16-/m0/s1. The summed E-state index contributed by atoms with van der Waals surface area (Å²) in [5, 5.41) is 13.0. The Morgan fingerprint density at radius 1 is 1.28 bits per heavy atom. The number of rotatable bonds is 5. The van der Waals surface area contributed by atoms with Crippen LogP contribution in [0.1, 0.15) is 66.9 Å². The molecule has 1 atom stereocenters. The molecule has 2 aliphatic rings. The number of hydrogen-bond acceptors (Lipinski definition) is 5. The van der Waals surface area contributed by atoms with Crippen LogP contribution < -0.4 is 0 Å². The molecule has 1 aliphatic heterocycles. The van der Waals surface area contributed by atoms with Gasteiger partial charge in [-0.25, -0.2) is 0 Å². The smallest absolute Gasteiger partial charge is 0.229 e. The lowest BCUT2D eigenvalue weighted by molar-refractivity contribution is -0.132. The number of aryl methyl sites for hydroxylation is 1. The largest absolute Gasteiger partial charge is 0.339 e. The minimum atomic E-state index is -0.0512. The first-order valence-electron chi connectivity index (χ1n) is 8.86. The zero-order chi connectivity index (χ0) is 17.2. The molecule has 1 saturated heterocycles. The van der Waals surface area contributed by atoms with Crippen molar-refractivity contribution in [3.05, 3.63) is 47.1 Å². The van der Waals surface area contributed by atoms with Crippen LogP contribution in [-0.2, 0) is 11.2 Å². The molecule has 0 bridgehead atoms. The maximum absolute atomic E-state index is 12.7. The Bertz CT molecular complexity index is 802. The van der Waals surface area contributed by atoms with Crippen LogP contribution in [0.2, 0.25) is 0 Å². The van der Waals surface area contributed by atoms with Gasteiger partial charge in [0.2, 0.25) is 11.8 Å². The van der Waals surface area contributed by atoms with Crippen molar-refractivity contribution in [3.8, 4) is 6.07 Å². The summed E-state index contributed by atoms with van der Waals surface area (Å²) in [6.07, 6.45) is 5.24. The number of benzene rings is 1.